The van der Waals surface area contributed by atoms with E-state index >= 15 is 9.59 Å². The molecule has 6 nitrogen and oxygen atoms in total. The van der Waals surface area contributed by atoms with Crippen LogP contribution in [0.15, 0.2) is 162 Å². The summed E-state index contributed by atoms with van der Waals surface area (Å²) in [5.41, 5.74) is 3.03. The standard InChI is InChI=1S/C57H30O6S6/c58-46-37-19-31-15-7-8-16-32(31)20-38(37)47(59)41(46)23-35-24-43-45(57(35,55(60)62-27-29-11-3-1-4-12-29)56(61)63-28-30-13-5-2-6-14-30)51-53(67-43)54-52(69-51)50-44(68-54)26-36(66-50)25-42-48(64)39-21-33-17-9-10-18-34(33)22-40(39)49(42)65/h1-26H,27-28H2. The van der Waals surface area contributed by atoms with E-state index in [1.807, 2.05) is 97.1 Å². The molecule has 0 unspecified atom stereocenters. The van der Waals surface area contributed by atoms with Crippen LogP contribution in [-0.2, 0) is 37.7 Å². The number of ketones is 2. The van der Waals surface area contributed by atoms with Crippen LogP contribution in [0.5, 0.6) is 0 Å². The maximum atomic E-state index is 15.4. The zero-order chi connectivity index (χ0) is 46.7. The Labute approximate surface area is 420 Å². The van der Waals surface area contributed by atoms with Crippen molar-refractivity contribution in [2.45, 2.75) is 18.6 Å². The number of thiocarbonyl (C=S) groups is 2. The number of esters is 2. The predicted octanol–water partition coefficient (Wildman–Crippen LogP) is 14.4. The minimum Gasteiger partial charge on any atom is -0.459 e. The van der Waals surface area contributed by atoms with Gasteiger partial charge in [0.1, 0.15) is 13.2 Å². The molecule has 0 saturated heterocycles. The average Bonchev–Trinajstić information content (AvgIpc) is 4.23. The summed E-state index contributed by atoms with van der Waals surface area (Å²) in [6, 6.07) is 44.1. The fourth-order valence-corrected chi connectivity index (χ4v) is 16.4. The van der Waals surface area contributed by atoms with Crippen molar-refractivity contribution in [1.29, 1.82) is 0 Å². The van der Waals surface area contributed by atoms with Crippen LogP contribution >= 0.6 is 69.8 Å². The molecule has 3 aliphatic rings. The van der Waals surface area contributed by atoms with Crippen molar-refractivity contribution >= 4 is 165 Å². The molecule has 10 aromatic rings. The van der Waals surface area contributed by atoms with Gasteiger partial charge in [-0.2, -0.15) is 0 Å². The van der Waals surface area contributed by atoms with E-state index in [1.165, 1.54) is 28.7 Å². The summed E-state index contributed by atoms with van der Waals surface area (Å²) < 4.78 is 18.3. The molecule has 6 aromatic carbocycles. The van der Waals surface area contributed by atoms with Crippen LogP contribution < -0.4 is 0 Å². The zero-order valence-corrected chi connectivity index (χ0v) is 40.7. The Morgan fingerprint density at radius 1 is 0.507 bits per heavy atom. The summed E-state index contributed by atoms with van der Waals surface area (Å²) >= 11 is 18.4. The smallest absolute Gasteiger partial charge is 0.333 e. The zero-order valence-electron chi connectivity index (χ0n) is 35.8. The minimum absolute atomic E-state index is 0.127. The molecule has 3 aliphatic carbocycles. The minimum atomic E-state index is -2.20. The van der Waals surface area contributed by atoms with Crippen molar-refractivity contribution in [3.8, 4) is 0 Å². The molecule has 0 atom stereocenters. The number of Topliss-reactive ketones (excluding diaryl/α,β-unsaturated/α-hetero) is 2. The van der Waals surface area contributed by atoms with Gasteiger partial charge in [0.15, 0.2) is 11.6 Å². The van der Waals surface area contributed by atoms with Gasteiger partial charge in [-0.1, -0.05) is 134 Å². The number of thiophene rings is 4. The van der Waals surface area contributed by atoms with Gasteiger partial charge < -0.3 is 9.47 Å². The fourth-order valence-electron chi connectivity index (χ4n) is 9.75. The van der Waals surface area contributed by atoms with E-state index in [1.54, 1.807) is 40.9 Å². The van der Waals surface area contributed by atoms with Gasteiger partial charge in [0, 0.05) is 47.8 Å². The number of fused-ring (bicyclic) bond motifs is 11. The quantitative estimate of drug-likeness (QED) is 0.0489. The van der Waals surface area contributed by atoms with Crippen molar-refractivity contribution in [3.05, 3.63) is 211 Å². The lowest BCUT2D eigenvalue weighted by Crippen LogP contribution is -2.46. The third kappa shape index (κ3) is 6.51. The first-order valence-electron chi connectivity index (χ1n) is 21.9. The molecule has 13 rings (SSSR count). The molecule has 0 spiro atoms. The summed E-state index contributed by atoms with van der Waals surface area (Å²) in [6.07, 6.45) is 5.28. The molecule has 4 heterocycles. The lowest BCUT2D eigenvalue weighted by atomic mass is 9.76. The molecule has 0 aliphatic heterocycles. The lowest BCUT2D eigenvalue weighted by Gasteiger charge is -2.28. The van der Waals surface area contributed by atoms with Crippen LogP contribution in [0.1, 0.15) is 58.3 Å². The first kappa shape index (κ1) is 42.2. The van der Waals surface area contributed by atoms with Gasteiger partial charge in [-0.25, -0.2) is 0 Å². The molecule has 69 heavy (non-hydrogen) atoms. The molecule has 0 bridgehead atoms. The van der Waals surface area contributed by atoms with Gasteiger partial charge in [0.25, 0.3) is 0 Å². The second kappa shape index (κ2) is 16.1. The van der Waals surface area contributed by atoms with Crippen molar-refractivity contribution in [2.24, 2.45) is 0 Å². The second-order valence-electron chi connectivity index (χ2n) is 17.1. The average molecular weight is 1000 g/mol. The molecule has 330 valence electrons. The number of hydrogen-bond donors (Lipinski definition) is 0. The van der Waals surface area contributed by atoms with Crippen LogP contribution in [-0.4, -0.2) is 33.2 Å². The first-order valence-corrected chi connectivity index (χ1v) is 26.0. The van der Waals surface area contributed by atoms with Crippen LogP contribution in [0.25, 0.3) is 61.9 Å². The van der Waals surface area contributed by atoms with E-state index in [9.17, 15) is 9.59 Å². The van der Waals surface area contributed by atoms with Gasteiger partial charge in [0.2, 0.25) is 5.41 Å². The van der Waals surface area contributed by atoms with E-state index in [4.69, 9.17) is 33.9 Å². The largest absolute Gasteiger partial charge is 0.459 e. The van der Waals surface area contributed by atoms with Gasteiger partial charge in [-0.3, -0.25) is 19.2 Å². The summed E-state index contributed by atoms with van der Waals surface area (Å²) in [5.74, 6) is -2.69. The van der Waals surface area contributed by atoms with Crippen LogP contribution in [0, 0.1) is 0 Å². The molecule has 0 fully saturated rings. The first-order chi connectivity index (χ1) is 33.6. The number of carbonyl (C=O) groups is 4. The summed E-state index contributed by atoms with van der Waals surface area (Å²) in [6.45, 7) is -0.254. The van der Waals surface area contributed by atoms with Gasteiger partial charge >= 0.3 is 11.9 Å². The van der Waals surface area contributed by atoms with E-state index in [2.05, 4.69) is 36.4 Å². The second-order valence-corrected chi connectivity index (χ2v) is 22.1. The van der Waals surface area contributed by atoms with E-state index in [-0.39, 0.29) is 35.5 Å². The van der Waals surface area contributed by atoms with Gasteiger partial charge in [-0.05, 0) is 86.8 Å². The van der Waals surface area contributed by atoms with Gasteiger partial charge in [0.05, 0.1) is 38.8 Å². The Morgan fingerprint density at radius 2 is 0.986 bits per heavy atom. The maximum Gasteiger partial charge on any atom is 0.333 e. The monoisotopic (exact) mass is 1000 g/mol. The van der Waals surface area contributed by atoms with Crippen LogP contribution in [0.4, 0.5) is 0 Å². The summed E-state index contributed by atoms with van der Waals surface area (Å²) in [5, 5.41) is 3.86. The van der Waals surface area contributed by atoms with E-state index in [0.29, 0.717) is 10.4 Å². The van der Waals surface area contributed by atoms with Crippen LogP contribution in [0.3, 0.4) is 0 Å². The molecule has 4 aromatic heterocycles. The molecule has 0 N–H and O–H groups in total. The third-order valence-electron chi connectivity index (χ3n) is 13.1. The van der Waals surface area contributed by atoms with Crippen molar-refractivity contribution < 1.29 is 28.7 Å². The number of rotatable bonds is 8. The van der Waals surface area contributed by atoms with Crippen molar-refractivity contribution in [2.75, 3.05) is 0 Å². The highest BCUT2D eigenvalue weighted by atomic mass is 32.1. The highest BCUT2D eigenvalue weighted by Gasteiger charge is 2.59. The fraction of sp³-hybridized carbons (Fsp3) is 0.0526. The normalized spacial score (nSPS) is 14.9. The SMILES string of the molecule is O=C1C(=CC2=Cc3sc4c(sc5c6sc(C=C7C(=S)c8cc9ccccc9cc8C7=S)cc6sc45)c3C2(C(=O)OCc2ccccc2)C(=O)OCc2ccccc2)C(=O)c2cc3ccccc3cc21. The molecule has 12 heteroatoms. The third-order valence-corrected chi connectivity index (χ3v) is 19.2. The van der Waals surface area contributed by atoms with Crippen molar-refractivity contribution in [1.82, 2.24) is 0 Å². The Morgan fingerprint density at radius 3 is 1.52 bits per heavy atom. The van der Waals surface area contributed by atoms with Gasteiger partial charge in [-0.15, -0.1) is 45.3 Å². The Kier molecular flexibility index (Phi) is 9.85. The highest BCUT2D eigenvalue weighted by molar-refractivity contribution is 7.84. The number of allylic oxidation sites excluding steroid dienone is 3. The Hall–Kier alpha value is -6.90. The molecule has 0 amide bonds. The summed E-state index contributed by atoms with van der Waals surface area (Å²) in [7, 11) is 0. The molecule has 0 radical (unpaired) electrons. The van der Waals surface area contributed by atoms with Crippen molar-refractivity contribution in [3.63, 3.8) is 0 Å². The molecular weight excluding hydrogens is 973 g/mol. The predicted molar refractivity (Wildman–Crippen MR) is 289 cm³/mol. The number of hydrogen-bond acceptors (Lipinski definition) is 12. The topological polar surface area (TPSA) is 86.7 Å². The highest BCUT2D eigenvalue weighted by Crippen LogP contribution is 2.58. The molecule has 0 saturated carbocycles. The van der Waals surface area contributed by atoms with Crippen LogP contribution in [0.2, 0.25) is 0 Å². The molecular formula is C57H30O6S6. The number of carbonyl (C=O) groups excluding carboxylic acids is 4. The Bertz CT molecular complexity index is 3910. The maximum absolute atomic E-state index is 15.4. The lowest BCUT2D eigenvalue weighted by molar-refractivity contribution is -0.164. The van der Waals surface area contributed by atoms with E-state index < -0.39 is 28.9 Å². The summed E-state index contributed by atoms with van der Waals surface area (Å²) in [4.78, 5) is 62.6. The van der Waals surface area contributed by atoms with E-state index in [0.717, 1.165) is 92.2 Å². The number of benzene rings is 6. The Balaban J connectivity index is 0.956. The number of ether oxygens (including phenoxy) is 2.